The highest BCUT2D eigenvalue weighted by atomic mass is 32.2. The van der Waals surface area contributed by atoms with Crippen LogP contribution in [0.4, 0.5) is 0 Å². The number of carbonyl (C=O) groups is 1. The van der Waals surface area contributed by atoms with Crippen LogP contribution in [0, 0.1) is 5.92 Å². The van der Waals surface area contributed by atoms with Gasteiger partial charge in [0.15, 0.2) is 0 Å². The van der Waals surface area contributed by atoms with Gasteiger partial charge < -0.3 is 0 Å². The second-order valence-corrected chi connectivity index (χ2v) is 8.14. The van der Waals surface area contributed by atoms with E-state index in [1.165, 1.54) is 29.0 Å². The van der Waals surface area contributed by atoms with Crippen molar-refractivity contribution in [1.29, 1.82) is 0 Å². The van der Waals surface area contributed by atoms with Crippen LogP contribution in [-0.4, -0.2) is 37.9 Å². The minimum Gasteiger partial charge on any atom is -0.299 e. The molecular weight excluding hydrogens is 274 g/mol. The Balaban J connectivity index is 1.83. The SMILES string of the molecule is CS(=O)(=O)N1CCCC(CC(=O)CC2=CCCCC2)C1. The van der Waals surface area contributed by atoms with Gasteiger partial charge in [-0.1, -0.05) is 11.6 Å². The Morgan fingerprint density at radius 3 is 2.80 bits per heavy atom. The van der Waals surface area contributed by atoms with Crippen molar-refractivity contribution in [2.75, 3.05) is 19.3 Å². The largest absolute Gasteiger partial charge is 0.299 e. The fraction of sp³-hybridized carbons (Fsp3) is 0.800. The average molecular weight is 299 g/mol. The summed E-state index contributed by atoms with van der Waals surface area (Å²) in [5.74, 6) is 0.480. The van der Waals surface area contributed by atoms with Gasteiger partial charge in [-0.25, -0.2) is 12.7 Å². The molecule has 1 aliphatic carbocycles. The lowest BCUT2D eigenvalue weighted by atomic mass is 9.89. The summed E-state index contributed by atoms with van der Waals surface area (Å²) in [6.45, 7) is 1.12. The molecule has 2 rings (SSSR count). The number of nitrogens with zero attached hydrogens (tertiary/aromatic N) is 1. The van der Waals surface area contributed by atoms with Crippen molar-refractivity contribution in [2.45, 2.75) is 51.4 Å². The molecule has 1 fully saturated rings. The fourth-order valence-electron chi connectivity index (χ4n) is 3.21. The summed E-state index contributed by atoms with van der Waals surface area (Å²) >= 11 is 0. The first kappa shape index (κ1) is 15.7. The van der Waals surface area contributed by atoms with E-state index in [1.54, 1.807) is 0 Å². The Bertz CT molecular complexity index is 481. The first-order valence-corrected chi connectivity index (χ1v) is 9.44. The van der Waals surface area contributed by atoms with E-state index < -0.39 is 10.0 Å². The third-order valence-electron chi connectivity index (χ3n) is 4.28. The predicted octanol–water partition coefficient (Wildman–Crippen LogP) is 2.51. The summed E-state index contributed by atoms with van der Waals surface area (Å²) in [6.07, 6.45) is 11.0. The second kappa shape index (κ2) is 6.85. The highest BCUT2D eigenvalue weighted by Gasteiger charge is 2.27. The maximum Gasteiger partial charge on any atom is 0.211 e. The zero-order chi connectivity index (χ0) is 14.6. The predicted molar refractivity (Wildman–Crippen MR) is 79.9 cm³/mol. The zero-order valence-electron chi connectivity index (χ0n) is 12.3. The molecule has 0 aromatic carbocycles. The van der Waals surface area contributed by atoms with Gasteiger partial charge in [0.25, 0.3) is 0 Å². The third kappa shape index (κ3) is 4.70. The van der Waals surface area contributed by atoms with Gasteiger partial charge >= 0.3 is 0 Å². The fourth-order valence-corrected chi connectivity index (χ4v) is 4.15. The molecule has 1 aliphatic heterocycles. The Labute approximate surface area is 122 Å². The molecule has 1 unspecified atom stereocenters. The van der Waals surface area contributed by atoms with Crippen molar-refractivity contribution in [2.24, 2.45) is 5.92 Å². The van der Waals surface area contributed by atoms with E-state index in [0.29, 0.717) is 25.9 Å². The number of ketones is 1. The Kier molecular flexibility index (Phi) is 5.38. The van der Waals surface area contributed by atoms with Crippen molar-refractivity contribution in [3.63, 3.8) is 0 Å². The van der Waals surface area contributed by atoms with E-state index in [1.807, 2.05) is 0 Å². The molecule has 114 valence electrons. The second-order valence-electron chi connectivity index (χ2n) is 6.16. The van der Waals surface area contributed by atoms with Crippen molar-refractivity contribution >= 4 is 15.8 Å². The van der Waals surface area contributed by atoms with E-state index in [0.717, 1.165) is 25.7 Å². The topological polar surface area (TPSA) is 54.5 Å². The molecule has 5 heteroatoms. The molecule has 4 nitrogen and oxygen atoms in total. The van der Waals surface area contributed by atoms with Crippen molar-refractivity contribution < 1.29 is 13.2 Å². The number of Topliss-reactive ketones (excluding diaryl/α,β-unsaturated/α-hetero) is 1. The van der Waals surface area contributed by atoms with Gasteiger partial charge in [-0.05, 0) is 44.4 Å². The van der Waals surface area contributed by atoms with Crippen LogP contribution in [0.1, 0.15) is 51.4 Å². The average Bonchev–Trinajstić information content (AvgIpc) is 2.39. The molecule has 0 N–H and O–H groups in total. The third-order valence-corrected chi connectivity index (χ3v) is 5.55. The van der Waals surface area contributed by atoms with Gasteiger partial charge in [0.05, 0.1) is 6.26 Å². The zero-order valence-corrected chi connectivity index (χ0v) is 13.1. The summed E-state index contributed by atoms with van der Waals surface area (Å²) in [4.78, 5) is 12.1. The lowest BCUT2D eigenvalue weighted by Crippen LogP contribution is -2.39. The maximum absolute atomic E-state index is 12.1. The quantitative estimate of drug-likeness (QED) is 0.733. The standard InChI is InChI=1S/C15H25NO3S/c1-20(18,19)16-9-5-8-14(12-16)11-15(17)10-13-6-3-2-4-7-13/h6,14H,2-5,7-12H2,1H3. The first-order chi connectivity index (χ1) is 9.45. The molecule has 0 radical (unpaired) electrons. The smallest absolute Gasteiger partial charge is 0.211 e. The first-order valence-electron chi connectivity index (χ1n) is 7.60. The number of piperidine rings is 1. The molecule has 0 saturated carbocycles. The maximum atomic E-state index is 12.1. The number of rotatable bonds is 5. The van der Waals surface area contributed by atoms with Gasteiger partial charge in [-0.2, -0.15) is 0 Å². The lowest BCUT2D eigenvalue weighted by Gasteiger charge is -2.30. The number of hydrogen-bond donors (Lipinski definition) is 0. The summed E-state index contributed by atoms with van der Waals surface area (Å²) < 4.78 is 24.7. The minimum atomic E-state index is -3.11. The Morgan fingerprint density at radius 1 is 1.35 bits per heavy atom. The summed E-state index contributed by atoms with van der Waals surface area (Å²) in [7, 11) is -3.11. The van der Waals surface area contributed by atoms with E-state index in [-0.39, 0.29) is 11.7 Å². The van der Waals surface area contributed by atoms with Gasteiger partial charge in [0, 0.05) is 25.9 Å². The molecule has 0 bridgehead atoms. The molecular formula is C15H25NO3S. The number of carbonyl (C=O) groups excluding carboxylic acids is 1. The minimum absolute atomic E-state index is 0.204. The summed E-state index contributed by atoms with van der Waals surface area (Å²) in [6, 6.07) is 0. The number of hydrogen-bond acceptors (Lipinski definition) is 3. The van der Waals surface area contributed by atoms with Gasteiger partial charge in [0.2, 0.25) is 10.0 Å². The van der Waals surface area contributed by atoms with Crippen LogP contribution in [0.5, 0.6) is 0 Å². The molecule has 2 aliphatic rings. The number of allylic oxidation sites excluding steroid dienone is 2. The summed E-state index contributed by atoms with van der Waals surface area (Å²) in [5.41, 5.74) is 1.29. The summed E-state index contributed by atoms with van der Waals surface area (Å²) in [5, 5.41) is 0. The molecule has 1 saturated heterocycles. The van der Waals surface area contributed by atoms with Gasteiger partial charge in [-0.15, -0.1) is 0 Å². The molecule has 0 spiro atoms. The van der Waals surface area contributed by atoms with Crippen molar-refractivity contribution in [3.05, 3.63) is 11.6 Å². The number of sulfonamides is 1. The molecule has 1 atom stereocenters. The Morgan fingerprint density at radius 2 is 2.15 bits per heavy atom. The van der Waals surface area contributed by atoms with Crippen LogP contribution in [0.3, 0.4) is 0 Å². The van der Waals surface area contributed by atoms with E-state index in [4.69, 9.17) is 0 Å². The molecule has 0 amide bonds. The van der Waals surface area contributed by atoms with Crippen LogP contribution in [0.15, 0.2) is 11.6 Å². The molecule has 20 heavy (non-hydrogen) atoms. The van der Waals surface area contributed by atoms with Crippen molar-refractivity contribution in [3.8, 4) is 0 Å². The van der Waals surface area contributed by atoms with E-state index in [2.05, 4.69) is 6.08 Å². The monoisotopic (exact) mass is 299 g/mol. The van der Waals surface area contributed by atoms with Crippen LogP contribution < -0.4 is 0 Å². The van der Waals surface area contributed by atoms with Crippen molar-refractivity contribution in [1.82, 2.24) is 4.31 Å². The lowest BCUT2D eigenvalue weighted by molar-refractivity contribution is -0.119. The Hall–Kier alpha value is -0.680. The molecule has 0 aromatic rings. The normalized spacial score (nSPS) is 25.2. The highest BCUT2D eigenvalue weighted by Crippen LogP contribution is 2.25. The van der Waals surface area contributed by atoms with E-state index >= 15 is 0 Å². The van der Waals surface area contributed by atoms with Crippen LogP contribution in [-0.2, 0) is 14.8 Å². The van der Waals surface area contributed by atoms with Gasteiger partial charge in [0.1, 0.15) is 5.78 Å². The van der Waals surface area contributed by atoms with Gasteiger partial charge in [-0.3, -0.25) is 4.79 Å². The van der Waals surface area contributed by atoms with Crippen LogP contribution >= 0.6 is 0 Å². The molecule has 1 heterocycles. The van der Waals surface area contributed by atoms with Crippen LogP contribution in [0.25, 0.3) is 0 Å². The van der Waals surface area contributed by atoms with E-state index in [9.17, 15) is 13.2 Å². The van der Waals surface area contributed by atoms with Crippen LogP contribution in [0.2, 0.25) is 0 Å². The highest BCUT2D eigenvalue weighted by molar-refractivity contribution is 7.88. The molecule has 0 aromatic heterocycles.